The third-order valence-corrected chi connectivity index (χ3v) is 4.09. The van der Waals surface area contributed by atoms with E-state index in [0.717, 1.165) is 29.8 Å². The molecule has 3 rings (SSSR count). The quantitative estimate of drug-likeness (QED) is 0.752. The van der Waals surface area contributed by atoms with E-state index in [1.165, 1.54) is 0 Å². The van der Waals surface area contributed by atoms with E-state index in [4.69, 9.17) is 11.6 Å². The topological polar surface area (TPSA) is 41.1 Å². The van der Waals surface area contributed by atoms with Gasteiger partial charge in [0.1, 0.15) is 5.54 Å². The van der Waals surface area contributed by atoms with Crippen molar-refractivity contribution < 1.29 is 4.79 Å². The highest BCUT2D eigenvalue weighted by atomic mass is 35.5. The molecule has 1 aliphatic heterocycles. The molecule has 0 aromatic heterocycles. The van der Waals surface area contributed by atoms with Crippen LogP contribution >= 0.6 is 11.6 Å². The molecule has 2 N–H and O–H groups in total. The number of amides is 1. The van der Waals surface area contributed by atoms with E-state index in [1.807, 2.05) is 32.0 Å². The summed E-state index contributed by atoms with van der Waals surface area (Å²) in [5.74, 6) is -0.0124. The Balaban J connectivity index is 2.00. The van der Waals surface area contributed by atoms with Crippen molar-refractivity contribution in [2.45, 2.75) is 37.1 Å². The molecule has 1 fully saturated rings. The van der Waals surface area contributed by atoms with Gasteiger partial charge >= 0.3 is 0 Å². The monoisotopic (exact) mass is 250 g/mol. The Labute approximate surface area is 106 Å². The maximum Gasteiger partial charge on any atom is 0.249 e. The zero-order valence-electron chi connectivity index (χ0n) is 9.93. The SMILES string of the molecule is CC1(C)Nc2ccc(C3(Cl)CC3)cc2NC1=O. The molecule has 1 heterocycles. The molecule has 0 atom stereocenters. The van der Waals surface area contributed by atoms with Crippen LogP contribution in [0.15, 0.2) is 18.2 Å². The Kier molecular flexibility index (Phi) is 2.03. The predicted octanol–water partition coefficient (Wildman–Crippen LogP) is 3.06. The minimum atomic E-state index is -0.563. The lowest BCUT2D eigenvalue weighted by atomic mass is 9.98. The van der Waals surface area contributed by atoms with Crippen LogP contribution in [0.3, 0.4) is 0 Å². The summed E-state index contributed by atoms with van der Waals surface area (Å²) >= 11 is 6.37. The Morgan fingerprint density at radius 1 is 1.24 bits per heavy atom. The summed E-state index contributed by atoms with van der Waals surface area (Å²) in [5, 5.41) is 6.16. The van der Waals surface area contributed by atoms with Gasteiger partial charge in [-0.25, -0.2) is 0 Å². The fraction of sp³-hybridized carbons (Fsp3) is 0.462. The predicted molar refractivity (Wildman–Crippen MR) is 69.5 cm³/mol. The van der Waals surface area contributed by atoms with E-state index >= 15 is 0 Å². The van der Waals surface area contributed by atoms with Gasteiger partial charge in [0.15, 0.2) is 0 Å². The minimum absolute atomic E-state index is 0.0124. The van der Waals surface area contributed by atoms with Gasteiger partial charge in [0.25, 0.3) is 0 Å². The van der Waals surface area contributed by atoms with Crippen LogP contribution in [0.2, 0.25) is 0 Å². The lowest BCUT2D eigenvalue weighted by molar-refractivity contribution is -0.119. The first kappa shape index (κ1) is 10.9. The molecular weight excluding hydrogens is 236 g/mol. The van der Waals surface area contributed by atoms with Crippen LogP contribution in [0.25, 0.3) is 0 Å². The van der Waals surface area contributed by atoms with Crippen LogP contribution in [0.1, 0.15) is 32.3 Å². The molecule has 17 heavy (non-hydrogen) atoms. The van der Waals surface area contributed by atoms with E-state index in [2.05, 4.69) is 10.6 Å². The van der Waals surface area contributed by atoms with Crippen LogP contribution in [0, 0.1) is 0 Å². The highest BCUT2D eigenvalue weighted by molar-refractivity contribution is 6.26. The Morgan fingerprint density at radius 3 is 2.59 bits per heavy atom. The lowest BCUT2D eigenvalue weighted by Gasteiger charge is -2.33. The van der Waals surface area contributed by atoms with Gasteiger partial charge < -0.3 is 10.6 Å². The van der Waals surface area contributed by atoms with Gasteiger partial charge in [0.05, 0.1) is 16.2 Å². The van der Waals surface area contributed by atoms with E-state index in [-0.39, 0.29) is 10.8 Å². The number of carbonyl (C=O) groups is 1. The van der Waals surface area contributed by atoms with Crippen LogP contribution < -0.4 is 10.6 Å². The van der Waals surface area contributed by atoms with E-state index in [9.17, 15) is 4.79 Å². The van der Waals surface area contributed by atoms with E-state index in [0.29, 0.717) is 0 Å². The minimum Gasteiger partial charge on any atom is -0.370 e. The molecule has 1 amide bonds. The summed E-state index contributed by atoms with van der Waals surface area (Å²) in [7, 11) is 0. The zero-order chi connectivity index (χ0) is 12.3. The smallest absolute Gasteiger partial charge is 0.249 e. The second kappa shape index (κ2) is 3.16. The van der Waals surface area contributed by atoms with Gasteiger partial charge in [0, 0.05) is 0 Å². The number of hydrogen-bond donors (Lipinski definition) is 2. The molecule has 1 aromatic rings. The number of carbonyl (C=O) groups excluding carboxylic acids is 1. The molecule has 0 radical (unpaired) electrons. The molecule has 0 bridgehead atoms. The number of rotatable bonds is 1. The maximum absolute atomic E-state index is 11.8. The molecular formula is C13H15ClN2O. The molecule has 2 aliphatic rings. The van der Waals surface area contributed by atoms with Gasteiger partial charge in [-0.3, -0.25) is 4.79 Å². The average molecular weight is 251 g/mol. The van der Waals surface area contributed by atoms with Crippen LogP contribution in [-0.4, -0.2) is 11.4 Å². The normalized spacial score (nSPS) is 23.4. The molecule has 90 valence electrons. The lowest BCUT2D eigenvalue weighted by Crippen LogP contribution is -2.47. The van der Waals surface area contributed by atoms with Crippen molar-refractivity contribution in [1.29, 1.82) is 0 Å². The molecule has 1 aromatic carbocycles. The van der Waals surface area contributed by atoms with Crippen molar-refractivity contribution in [2.75, 3.05) is 10.6 Å². The summed E-state index contributed by atoms with van der Waals surface area (Å²) in [6.45, 7) is 3.73. The van der Waals surface area contributed by atoms with Gasteiger partial charge in [0.2, 0.25) is 5.91 Å². The summed E-state index contributed by atoms with van der Waals surface area (Å²) in [4.78, 5) is 11.7. The van der Waals surface area contributed by atoms with Crippen LogP contribution in [0.4, 0.5) is 11.4 Å². The van der Waals surface area contributed by atoms with Gasteiger partial charge in [-0.1, -0.05) is 6.07 Å². The summed E-state index contributed by atoms with van der Waals surface area (Å²) < 4.78 is 0. The number of hydrogen-bond acceptors (Lipinski definition) is 2. The maximum atomic E-state index is 11.8. The number of alkyl halides is 1. The van der Waals surface area contributed by atoms with E-state index in [1.54, 1.807) is 0 Å². The standard InChI is InChI=1S/C13H15ClN2O/c1-12(2)11(17)15-10-7-8(13(14)5-6-13)3-4-9(10)16-12/h3-4,7,16H,5-6H2,1-2H3,(H,15,17). The first-order chi connectivity index (χ1) is 7.91. The third-order valence-electron chi connectivity index (χ3n) is 3.49. The average Bonchev–Trinajstić information content (AvgIpc) is 2.98. The third kappa shape index (κ3) is 1.69. The second-order valence-electron chi connectivity index (χ2n) is 5.43. The first-order valence-corrected chi connectivity index (χ1v) is 6.22. The molecule has 4 heteroatoms. The molecule has 1 aliphatic carbocycles. The number of anilines is 2. The summed E-state index contributed by atoms with van der Waals surface area (Å²) in [5.41, 5.74) is 2.32. The van der Waals surface area contributed by atoms with Gasteiger partial charge in [-0.2, -0.15) is 0 Å². The van der Waals surface area contributed by atoms with E-state index < -0.39 is 5.54 Å². The Bertz CT molecular complexity index is 506. The van der Waals surface area contributed by atoms with Crippen molar-refractivity contribution in [2.24, 2.45) is 0 Å². The van der Waals surface area contributed by atoms with Gasteiger partial charge in [-0.15, -0.1) is 11.6 Å². The molecule has 1 saturated carbocycles. The number of fused-ring (bicyclic) bond motifs is 1. The summed E-state index contributed by atoms with van der Waals surface area (Å²) in [6.07, 6.45) is 2.03. The highest BCUT2D eigenvalue weighted by Crippen LogP contribution is 2.53. The number of nitrogens with one attached hydrogen (secondary N) is 2. The fourth-order valence-corrected chi connectivity index (χ4v) is 2.32. The van der Waals surface area contributed by atoms with Crippen molar-refractivity contribution in [3.8, 4) is 0 Å². The first-order valence-electron chi connectivity index (χ1n) is 5.84. The van der Waals surface area contributed by atoms with Crippen molar-refractivity contribution in [3.05, 3.63) is 23.8 Å². The number of benzene rings is 1. The molecule has 3 nitrogen and oxygen atoms in total. The van der Waals surface area contributed by atoms with Crippen molar-refractivity contribution in [1.82, 2.24) is 0 Å². The highest BCUT2D eigenvalue weighted by Gasteiger charge is 2.43. The Hall–Kier alpha value is -1.22. The zero-order valence-corrected chi connectivity index (χ0v) is 10.7. The molecule has 0 saturated heterocycles. The molecule has 0 spiro atoms. The largest absolute Gasteiger partial charge is 0.370 e. The van der Waals surface area contributed by atoms with Gasteiger partial charge in [-0.05, 0) is 44.4 Å². The van der Waals surface area contributed by atoms with Crippen LogP contribution in [-0.2, 0) is 9.67 Å². The second-order valence-corrected chi connectivity index (χ2v) is 6.15. The number of halogens is 1. The Morgan fingerprint density at radius 2 is 1.94 bits per heavy atom. The fourth-order valence-electron chi connectivity index (χ4n) is 2.11. The molecule has 0 unspecified atom stereocenters. The van der Waals surface area contributed by atoms with Crippen molar-refractivity contribution >= 4 is 28.9 Å². The summed E-state index contributed by atoms with van der Waals surface area (Å²) in [6, 6.07) is 6.02. The van der Waals surface area contributed by atoms with Crippen molar-refractivity contribution in [3.63, 3.8) is 0 Å². The van der Waals surface area contributed by atoms with Crippen LogP contribution in [0.5, 0.6) is 0 Å².